The first kappa shape index (κ1) is 22.8. The number of carbonyl (C=O) groups excluding carboxylic acids is 1. The minimum absolute atomic E-state index is 0.0105. The number of Topliss-reactive ketones (excluding diaryl/α,β-unsaturated/α-hetero) is 1. The van der Waals surface area contributed by atoms with Crippen LogP contribution >= 0.6 is 11.3 Å². The number of aryl methyl sites for hydroxylation is 2. The molecule has 164 valence electrons. The van der Waals surface area contributed by atoms with E-state index in [4.69, 9.17) is 5.11 Å². The van der Waals surface area contributed by atoms with Crippen LogP contribution in [0, 0.1) is 24.0 Å². The summed E-state index contributed by atoms with van der Waals surface area (Å²) in [6.45, 7) is 5.37. The highest BCUT2D eigenvalue weighted by atomic mass is 32.1. The van der Waals surface area contributed by atoms with Crippen LogP contribution in [0.3, 0.4) is 0 Å². The lowest BCUT2D eigenvalue weighted by molar-refractivity contribution is -0.385. The van der Waals surface area contributed by atoms with Crippen LogP contribution in [0.1, 0.15) is 44.3 Å². The number of carbonyl (C=O) groups is 2. The van der Waals surface area contributed by atoms with Crippen LogP contribution in [-0.4, -0.2) is 39.1 Å². The lowest BCUT2D eigenvalue weighted by Gasteiger charge is -2.05. The van der Waals surface area contributed by atoms with Crippen molar-refractivity contribution in [3.63, 3.8) is 0 Å². The molecule has 8 nitrogen and oxygen atoms in total. The number of rotatable bonds is 7. The number of hydrogen-bond acceptors (Lipinski definition) is 7. The van der Waals surface area contributed by atoms with E-state index in [9.17, 15) is 24.8 Å². The molecule has 0 radical (unpaired) electrons. The van der Waals surface area contributed by atoms with Crippen LogP contribution in [0.15, 0.2) is 46.8 Å². The van der Waals surface area contributed by atoms with Crippen molar-refractivity contribution in [1.82, 2.24) is 0 Å². The monoisotopic (exact) mass is 452 g/mol. The van der Waals surface area contributed by atoms with E-state index in [1.807, 2.05) is 32.0 Å². The van der Waals surface area contributed by atoms with Gasteiger partial charge in [-0.2, -0.15) is 0 Å². The molecule has 0 bridgehead atoms. The van der Waals surface area contributed by atoms with Crippen molar-refractivity contribution in [3.8, 4) is 16.2 Å². The van der Waals surface area contributed by atoms with Gasteiger partial charge in [-0.3, -0.25) is 19.9 Å². The highest BCUT2D eigenvalue weighted by Crippen LogP contribution is 2.39. The zero-order valence-corrected chi connectivity index (χ0v) is 18.4. The molecule has 0 fully saturated rings. The molecule has 0 atom stereocenters. The minimum Gasteiger partial charge on any atom is -0.506 e. The Balaban J connectivity index is 1.83. The Bertz CT molecular complexity index is 1280. The molecule has 0 spiro atoms. The van der Waals surface area contributed by atoms with Gasteiger partial charge < -0.3 is 10.2 Å². The molecule has 0 saturated carbocycles. The average Bonchev–Trinajstić information content (AvgIpc) is 3.14. The van der Waals surface area contributed by atoms with E-state index in [1.54, 1.807) is 12.3 Å². The second-order valence-corrected chi connectivity index (χ2v) is 8.12. The van der Waals surface area contributed by atoms with Crippen molar-refractivity contribution in [2.45, 2.75) is 20.8 Å². The number of nitrogens with zero attached hydrogens (tertiary/aromatic N) is 2. The molecule has 1 aromatic heterocycles. The smallest absolute Gasteiger partial charge is 0.342 e. The summed E-state index contributed by atoms with van der Waals surface area (Å²) in [6.07, 6.45) is 0. The third-order valence-corrected chi connectivity index (χ3v) is 6.15. The standard InChI is InChI=1S/C23H20N2O6S/c1-12-4-5-16(8-13(12)2)22-21(27)18(11-32-22)14(3)24-10-20(26)15-6-7-17(23(28)29)19(9-15)25(30)31/h4-9,11,27H,10H2,1-3H3,(H,28,29). The zero-order valence-electron chi connectivity index (χ0n) is 17.6. The van der Waals surface area contributed by atoms with Gasteiger partial charge in [0.05, 0.1) is 9.80 Å². The number of ketones is 1. The molecular formula is C23H20N2O6S. The predicted octanol–water partition coefficient (Wildman–Crippen LogP) is 5.04. The molecule has 0 aliphatic rings. The highest BCUT2D eigenvalue weighted by molar-refractivity contribution is 7.14. The van der Waals surface area contributed by atoms with Crippen LogP contribution in [0.2, 0.25) is 0 Å². The van der Waals surface area contributed by atoms with Crippen LogP contribution in [0.25, 0.3) is 10.4 Å². The van der Waals surface area contributed by atoms with Gasteiger partial charge in [-0.15, -0.1) is 11.3 Å². The lowest BCUT2D eigenvalue weighted by Crippen LogP contribution is -2.09. The van der Waals surface area contributed by atoms with Crippen molar-refractivity contribution in [3.05, 3.63) is 79.7 Å². The zero-order chi connectivity index (χ0) is 23.6. The number of aliphatic imine (C=N–C) groups is 1. The normalized spacial score (nSPS) is 11.4. The minimum atomic E-state index is -1.45. The molecule has 0 aliphatic heterocycles. The number of carboxylic acids is 1. The molecule has 0 unspecified atom stereocenters. The number of aromatic carboxylic acids is 1. The average molecular weight is 452 g/mol. The van der Waals surface area contributed by atoms with E-state index < -0.39 is 27.9 Å². The van der Waals surface area contributed by atoms with Gasteiger partial charge in [-0.05, 0) is 49.6 Å². The number of hydrogen-bond donors (Lipinski definition) is 2. The molecule has 3 aromatic rings. The van der Waals surface area contributed by atoms with E-state index in [0.717, 1.165) is 28.8 Å². The molecule has 1 heterocycles. The Morgan fingerprint density at radius 3 is 2.44 bits per heavy atom. The molecule has 0 amide bonds. The first-order chi connectivity index (χ1) is 15.1. The molecule has 3 rings (SSSR count). The molecule has 32 heavy (non-hydrogen) atoms. The van der Waals surface area contributed by atoms with E-state index in [2.05, 4.69) is 4.99 Å². The summed E-state index contributed by atoms with van der Waals surface area (Å²) in [6, 6.07) is 9.11. The summed E-state index contributed by atoms with van der Waals surface area (Å²) < 4.78 is 0. The topological polar surface area (TPSA) is 130 Å². The summed E-state index contributed by atoms with van der Waals surface area (Å²) in [5.74, 6) is -1.88. The van der Waals surface area contributed by atoms with Gasteiger partial charge in [0, 0.05) is 28.3 Å². The highest BCUT2D eigenvalue weighted by Gasteiger charge is 2.22. The number of thiophene rings is 1. The molecule has 9 heteroatoms. The maximum Gasteiger partial charge on any atom is 0.342 e. The predicted molar refractivity (Wildman–Crippen MR) is 122 cm³/mol. The van der Waals surface area contributed by atoms with Crippen molar-refractivity contribution in [2.75, 3.05) is 6.54 Å². The number of benzene rings is 2. The van der Waals surface area contributed by atoms with E-state index in [0.29, 0.717) is 16.2 Å². The van der Waals surface area contributed by atoms with E-state index >= 15 is 0 Å². The lowest BCUT2D eigenvalue weighted by atomic mass is 10.0. The van der Waals surface area contributed by atoms with Crippen LogP contribution in [0.5, 0.6) is 5.75 Å². The molecule has 0 aliphatic carbocycles. The summed E-state index contributed by atoms with van der Waals surface area (Å²) in [5.41, 5.74) is 2.93. The van der Waals surface area contributed by atoms with Gasteiger partial charge >= 0.3 is 5.97 Å². The Morgan fingerprint density at radius 1 is 1.09 bits per heavy atom. The van der Waals surface area contributed by atoms with Crippen molar-refractivity contribution >= 4 is 34.5 Å². The summed E-state index contributed by atoms with van der Waals surface area (Å²) in [4.78, 5) is 38.8. The Morgan fingerprint density at radius 2 is 1.81 bits per heavy atom. The third-order valence-electron chi connectivity index (χ3n) is 5.13. The first-order valence-electron chi connectivity index (χ1n) is 9.54. The fourth-order valence-corrected chi connectivity index (χ4v) is 4.10. The summed E-state index contributed by atoms with van der Waals surface area (Å²) in [5, 5.41) is 32.6. The van der Waals surface area contributed by atoms with Gasteiger partial charge in [0.2, 0.25) is 0 Å². The molecule has 2 N–H and O–H groups in total. The molecule has 2 aromatic carbocycles. The SMILES string of the molecule is CC(=NCC(=O)c1ccc(C(=O)O)c([N+](=O)[O-])c1)c1csc(-c2ccc(C)c(C)c2)c1O. The van der Waals surface area contributed by atoms with Crippen molar-refractivity contribution < 1.29 is 24.7 Å². The van der Waals surface area contributed by atoms with Gasteiger partial charge in [0.25, 0.3) is 5.69 Å². The maximum absolute atomic E-state index is 12.5. The van der Waals surface area contributed by atoms with Gasteiger partial charge in [-0.25, -0.2) is 4.79 Å². The van der Waals surface area contributed by atoms with Crippen LogP contribution in [-0.2, 0) is 0 Å². The largest absolute Gasteiger partial charge is 0.506 e. The third kappa shape index (κ3) is 4.57. The fraction of sp³-hybridized carbons (Fsp3) is 0.174. The fourth-order valence-electron chi connectivity index (χ4n) is 3.10. The van der Waals surface area contributed by atoms with Crippen molar-refractivity contribution in [1.29, 1.82) is 0 Å². The Kier molecular flexibility index (Phi) is 6.50. The van der Waals surface area contributed by atoms with Gasteiger partial charge in [0.15, 0.2) is 5.78 Å². The van der Waals surface area contributed by atoms with E-state index in [-0.39, 0.29) is 17.9 Å². The summed E-state index contributed by atoms with van der Waals surface area (Å²) >= 11 is 1.37. The number of aromatic hydroxyl groups is 1. The molecule has 0 saturated heterocycles. The summed E-state index contributed by atoms with van der Waals surface area (Å²) in [7, 11) is 0. The second kappa shape index (κ2) is 9.11. The van der Waals surface area contributed by atoms with Crippen LogP contribution < -0.4 is 0 Å². The Labute approximate surface area is 187 Å². The molecular weight excluding hydrogens is 432 g/mol. The Hall–Kier alpha value is -3.85. The van der Waals surface area contributed by atoms with Crippen molar-refractivity contribution in [2.24, 2.45) is 4.99 Å². The van der Waals surface area contributed by atoms with Crippen LogP contribution in [0.4, 0.5) is 5.69 Å². The van der Waals surface area contributed by atoms with E-state index in [1.165, 1.54) is 17.4 Å². The number of carboxylic acid groups (broad SMARTS) is 1. The number of nitro benzene ring substituents is 1. The van der Waals surface area contributed by atoms with Gasteiger partial charge in [-0.1, -0.05) is 18.2 Å². The maximum atomic E-state index is 12.5. The quantitative estimate of drug-likeness (QED) is 0.224. The number of nitro groups is 1. The first-order valence-corrected chi connectivity index (χ1v) is 10.4. The second-order valence-electron chi connectivity index (χ2n) is 7.25. The van der Waals surface area contributed by atoms with Gasteiger partial charge in [0.1, 0.15) is 17.9 Å².